The topological polar surface area (TPSA) is 70.2 Å². The molecule has 0 aliphatic carbocycles. The summed E-state index contributed by atoms with van der Waals surface area (Å²) in [5, 5.41) is 7.84. The lowest BCUT2D eigenvalue weighted by atomic mass is 10.3. The molecule has 0 spiro atoms. The van der Waals surface area contributed by atoms with E-state index in [9.17, 15) is 14.0 Å². The molecule has 0 saturated carbocycles. The molecule has 7 heteroatoms. The van der Waals surface area contributed by atoms with Gasteiger partial charge < -0.3 is 16.0 Å². The molecule has 3 amide bonds. The molecule has 0 fully saturated rings. The Labute approximate surface area is 115 Å². The number of halogens is 2. The second-order valence-corrected chi connectivity index (χ2v) is 4.25. The molecular weight excluding hydrogens is 273 g/mol. The third-order valence-corrected chi connectivity index (χ3v) is 2.51. The van der Waals surface area contributed by atoms with Gasteiger partial charge in [0.25, 0.3) is 0 Å². The zero-order valence-electron chi connectivity index (χ0n) is 10.4. The van der Waals surface area contributed by atoms with Crippen LogP contribution in [0.15, 0.2) is 18.2 Å². The molecule has 0 aliphatic heterocycles. The highest BCUT2D eigenvalue weighted by molar-refractivity contribution is 6.33. The smallest absolute Gasteiger partial charge is 0.319 e. The summed E-state index contributed by atoms with van der Waals surface area (Å²) in [6.45, 7) is 2.33. The van der Waals surface area contributed by atoms with Crippen LogP contribution in [0.25, 0.3) is 0 Å². The van der Waals surface area contributed by atoms with Crippen molar-refractivity contribution < 1.29 is 14.0 Å². The van der Waals surface area contributed by atoms with E-state index in [1.54, 1.807) is 0 Å². The lowest BCUT2D eigenvalue weighted by molar-refractivity contribution is -0.118. The van der Waals surface area contributed by atoms with Crippen LogP contribution in [-0.4, -0.2) is 25.0 Å². The SMILES string of the molecule is CC(=O)NCCCNC(=O)Nc1ccc(F)cc1Cl. The van der Waals surface area contributed by atoms with Crippen LogP contribution in [0.1, 0.15) is 13.3 Å². The van der Waals surface area contributed by atoms with Crippen molar-refractivity contribution in [3.63, 3.8) is 0 Å². The quantitative estimate of drug-likeness (QED) is 0.726. The Morgan fingerprint density at radius 1 is 1.26 bits per heavy atom. The van der Waals surface area contributed by atoms with Gasteiger partial charge in [0.05, 0.1) is 10.7 Å². The van der Waals surface area contributed by atoms with Crippen LogP contribution >= 0.6 is 11.6 Å². The fourth-order valence-electron chi connectivity index (χ4n) is 1.31. The van der Waals surface area contributed by atoms with Crippen LogP contribution in [0.5, 0.6) is 0 Å². The summed E-state index contributed by atoms with van der Waals surface area (Å²) < 4.78 is 12.8. The number of hydrogen-bond acceptors (Lipinski definition) is 2. The maximum Gasteiger partial charge on any atom is 0.319 e. The molecule has 0 atom stereocenters. The predicted octanol–water partition coefficient (Wildman–Crippen LogP) is 2.13. The molecule has 0 unspecified atom stereocenters. The van der Waals surface area contributed by atoms with Gasteiger partial charge in [-0.1, -0.05) is 11.6 Å². The highest BCUT2D eigenvalue weighted by atomic mass is 35.5. The summed E-state index contributed by atoms with van der Waals surface area (Å²) in [7, 11) is 0. The number of carbonyl (C=O) groups excluding carboxylic acids is 2. The first-order valence-electron chi connectivity index (χ1n) is 5.73. The van der Waals surface area contributed by atoms with Gasteiger partial charge in [-0.2, -0.15) is 0 Å². The third kappa shape index (κ3) is 6.05. The van der Waals surface area contributed by atoms with Crippen LogP contribution in [0.3, 0.4) is 0 Å². The van der Waals surface area contributed by atoms with Gasteiger partial charge >= 0.3 is 6.03 Å². The first kappa shape index (κ1) is 15.2. The number of hydrogen-bond donors (Lipinski definition) is 3. The molecule has 5 nitrogen and oxygen atoms in total. The maximum atomic E-state index is 12.8. The number of carbonyl (C=O) groups is 2. The van der Waals surface area contributed by atoms with Gasteiger partial charge in [0.1, 0.15) is 5.82 Å². The van der Waals surface area contributed by atoms with Crippen molar-refractivity contribution in [1.82, 2.24) is 10.6 Å². The van der Waals surface area contributed by atoms with E-state index in [0.29, 0.717) is 25.2 Å². The molecule has 0 heterocycles. The molecule has 1 aromatic carbocycles. The summed E-state index contributed by atoms with van der Waals surface area (Å²) in [6, 6.07) is 3.28. The summed E-state index contributed by atoms with van der Waals surface area (Å²) in [5.41, 5.74) is 0.336. The number of anilines is 1. The third-order valence-electron chi connectivity index (χ3n) is 2.19. The van der Waals surface area contributed by atoms with Crippen LogP contribution in [0, 0.1) is 5.82 Å². The van der Waals surface area contributed by atoms with E-state index in [2.05, 4.69) is 16.0 Å². The molecule has 0 aliphatic rings. The zero-order valence-corrected chi connectivity index (χ0v) is 11.2. The Kier molecular flexibility index (Phi) is 6.08. The minimum absolute atomic E-state index is 0.109. The van der Waals surface area contributed by atoms with Crippen LogP contribution in [0.4, 0.5) is 14.9 Å². The van der Waals surface area contributed by atoms with E-state index in [4.69, 9.17) is 11.6 Å². The number of benzene rings is 1. The maximum absolute atomic E-state index is 12.8. The fraction of sp³-hybridized carbons (Fsp3) is 0.333. The minimum Gasteiger partial charge on any atom is -0.356 e. The van der Waals surface area contributed by atoms with Gasteiger partial charge in [-0.25, -0.2) is 9.18 Å². The summed E-state index contributed by atoms with van der Waals surface area (Å²) in [4.78, 5) is 22.1. The molecule has 3 N–H and O–H groups in total. The van der Waals surface area contributed by atoms with Crippen LogP contribution in [0.2, 0.25) is 5.02 Å². The molecule has 1 aromatic rings. The van der Waals surface area contributed by atoms with Crippen molar-refractivity contribution in [2.24, 2.45) is 0 Å². The average molecular weight is 288 g/mol. The Hall–Kier alpha value is -1.82. The van der Waals surface area contributed by atoms with E-state index in [1.165, 1.54) is 19.1 Å². The van der Waals surface area contributed by atoms with E-state index in [1.807, 2.05) is 0 Å². The van der Waals surface area contributed by atoms with Crippen molar-refractivity contribution >= 4 is 29.2 Å². The molecule has 0 bridgehead atoms. The summed E-state index contributed by atoms with van der Waals surface area (Å²) in [6.07, 6.45) is 0.615. The highest BCUT2D eigenvalue weighted by Gasteiger charge is 2.05. The first-order chi connectivity index (χ1) is 8.99. The van der Waals surface area contributed by atoms with E-state index in [-0.39, 0.29) is 10.9 Å². The Balaban J connectivity index is 2.29. The molecule has 1 rings (SSSR count). The monoisotopic (exact) mass is 287 g/mol. The molecular formula is C12H15ClFN3O2. The normalized spacial score (nSPS) is 9.84. The fourth-order valence-corrected chi connectivity index (χ4v) is 1.53. The zero-order chi connectivity index (χ0) is 14.3. The second kappa shape index (κ2) is 7.58. The van der Waals surface area contributed by atoms with Crippen molar-refractivity contribution in [1.29, 1.82) is 0 Å². The molecule has 104 valence electrons. The van der Waals surface area contributed by atoms with Crippen LogP contribution in [-0.2, 0) is 4.79 Å². The Morgan fingerprint density at radius 2 is 1.95 bits per heavy atom. The largest absolute Gasteiger partial charge is 0.356 e. The van der Waals surface area contributed by atoms with Gasteiger partial charge in [-0.15, -0.1) is 0 Å². The van der Waals surface area contributed by atoms with Crippen molar-refractivity contribution in [3.8, 4) is 0 Å². The van der Waals surface area contributed by atoms with Crippen LogP contribution < -0.4 is 16.0 Å². The molecule has 0 aromatic heterocycles. The van der Waals surface area contributed by atoms with Gasteiger partial charge in [-0.3, -0.25) is 4.79 Å². The number of urea groups is 1. The van der Waals surface area contributed by atoms with Crippen molar-refractivity contribution in [2.75, 3.05) is 18.4 Å². The second-order valence-electron chi connectivity index (χ2n) is 3.84. The van der Waals surface area contributed by atoms with E-state index in [0.717, 1.165) is 6.07 Å². The number of rotatable bonds is 5. The number of nitrogens with one attached hydrogen (secondary N) is 3. The molecule has 0 radical (unpaired) electrons. The summed E-state index contributed by atoms with van der Waals surface area (Å²) in [5.74, 6) is -0.575. The van der Waals surface area contributed by atoms with E-state index >= 15 is 0 Å². The van der Waals surface area contributed by atoms with Crippen molar-refractivity contribution in [3.05, 3.63) is 29.0 Å². The molecule has 19 heavy (non-hydrogen) atoms. The van der Waals surface area contributed by atoms with E-state index < -0.39 is 11.8 Å². The summed E-state index contributed by atoms with van der Waals surface area (Å²) >= 11 is 5.76. The van der Waals surface area contributed by atoms with Gasteiger partial charge in [-0.05, 0) is 24.6 Å². The minimum atomic E-state index is -0.466. The van der Waals surface area contributed by atoms with Crippen molar-refractivity contribution in [2.45, 2.75) is 13.3 Å². The Bertz CT molecular complexity index is 468. The first-order valence-corrected chi connectivity index (χ1v) is 6.11. The highest BCUT2D eigenvalue weighted by Crippen LogP contribution is 2.21. The lowest BCUT2D eigenvalue weighted by Crippen LogP contribution is -2.32. The average Bonchev–Trinajstić information content (AvgIpc) is 2.32. The van der Waals surface area contributed by atoms with Gasteiger partial charge in [0.2, 0.25) is 5.91 Å². The Morgan fingerprint density at radius 3 is 2.58 bits per heavy atom. The number of amides is 3. The van der Waals surface area contributed by atoms with Gasteiger partial charge in [0, 0.05) is 20.0 Å². The molecule has 0 saturated heterocycles. The standard InChI is InChI=1S/C12H15ClFN3O2/c1-8(18)15-5-2-6-16-12(19)17-11-4-3-9(14)7-10(11)13/h3-4,7H,2,5-6H2,1H3,(H,15,18)(H2,16,17,19). The van der Waals surface area contributed by atoms with Gasteiger partial charge in [0.15, 0.2) is 0 Å². The lowest BCUT2D eigenvalue weighted by Gasteiger charge is -2.09. The predicted molar refractivity (Wildman–Crippen MR) is 71.7 cm³/mol.